The molecule has 1 aliphatic heterocycles. The molecule has 7 nitrogen and oxygen atoms in total. The van der Waals surface area contributed by atoms with Gasteiger partial charge < -0.3 is 4.74 Å². The molecule has 3 aromatic heterocycles. The molecule has 4 heterocycles. The number of aryl methyl sites for hydroxylation is 2. The van der Waals surface area contributed by atoms with Gasteiger partial charge in [0.25, 0.3) is 5.91 Å². The number of fused-ring (bicyclic) bond motifs is 3. The zero-order chi connectivity index (χ0) is 19.1. The minimum Gasteiger partial charge on any atom is -0.376 e. The molecule has 5 rings (SSSR count). The van der Waals surface area contributed by atoms with Gasteiger partial charge in [-0.2, -0.15) is 5.10 Å². The fraction of sp³-hybridized carbons (Fsp3) is 0.400. The molecule has 1 saturated heterocycles. The van der Waals surface area contributed by atoms with Gasteiger partial charge in [0, 0.05) is 36.0 Å². The zero-order valence-corrected chi connectivity index (χ0v) is 16.5. The SMILES string of the molecule is Cn1ncc2c1CCc1sc(N(C[C@H]3CCCO3)C(=O)c3ccccn3)nc1-2. The van der Waals surface area contributed by atoms with E-state index in [0.717, 1.165) is 43.5 Å². The van der Waals surface area contributed by atoms with Gasteiger partial charge in [0.2, 0.25) is 0 Å². The predicted octanol–water partition coefficient (Wildman–Crippen LogP) is 2.86. The Labute approximate surface area is 167 Å². The molecule has 144 valence electrons. The molecule has 0 aromatic carbocycles. The van der Waals surface area contributed by atoms with Crippen LogP contribution >= 0.6 is 11.3 Å². The molecule has 1 fully saturated rings. The summed E-state index contributed by atoms with van der Waals surface area (Å²) in [4.78, 5) is 25.3. The molecule has 0 radical (unpaired) electrons. The predicted molar refractivity (Wildman–Crippen MR) is 107 cm³/mol. The molecule has 28 heavy (non-hydrogen) atoms. The smallest absolute Gasteiger partial charge is 0.278 e. The maximum absolute atomic E-state index is 13.3. The van der Waals surface area contributed by atoms with Crippen LogP contribution in [0.1, 0.15) is 33.9 Å². The number of amides is 1. The van der Waals surface area contributed by atoms with Gasteiger partial charge in [-0.25, -0.2) is 4.98 Å². The molecule has 0 saturated carbocycles. The Balaban J connectivity index is 1.53. The van der Waals surface area contributed by atoms with Gasteiger partial charge in [0.15, 0.2) is 5.13 Å². The maximum Gasteiger partial charge on any atom is 0.278 e. The minimum atomic E-state index is -0.131. The third-order valence-electron chi connectivity index (χ3n) is 5.36. The van der Waals surface area contributed by atoms with E-state index in [2.05, 4.69) is 10.1 Å². The highest BCUT2D eigenvalue weighted by molar-refractivity contribution is 7.16. The van der Waals surface area contributed by atoms with E-state index < -0.39 is 0 Å². The molecule has 2 aliphatic rings. The molecule has 3 aromatic rings. The second-order valence-corrected chi connectivity index (χ2v) is 8.22. The lowest BCUT2D eigenvalue weighted by molar-refractivity contribution is 0.0913. The molecule has 1 atom stereocenters. The second kappa shape index (κ2) is 7.10. The van der Waals surface area contributed by atoms with Crippen molar-refractivity contribution in [2.45, 2.75) is 31.8 Å². The Kier molecular flexibility index (Phi) is 4.44. The second-order valence-electron chi connectivity index (χ2n) is 7.16. The van der Waals surface area contributed by atoms with E-state index in [9.17, 15) is 4.79 Å². The summed E-state index contributed by atoms with van der Waals surface area (Å²) in [5, 5.41) is 5.10. The third-order valence-corrected chi connectivity index (χ3v) is 6.50. The van der Waals surface area contributed by atoms with E-state index in [1.54, 1.807) is 28.5 Å². The lowest BCUT2D eigenvalue weighted by atomic mass is 10.0. The summed E-state index contributed by atoms with van der Waals surface area (Å²) in [6.45, 7) is 1.26. The summed E-state index contributed by atoms with van der Waals surface area (Å²) in [5.74, 6) is -0.131. The van der Waals surface area contributed by atoms with Crippen molar-refractivity contribution in [2.75, 3.05) is 18.1 Å². The lowest BCUT2D eigenvalue weighted by Gasteiger charge is -2.22. The van der Waals surface area contributed by atoms with Crippen molar-refractivity contribution in [3.63, 3.8) is 0 Å². The Morgan fingerprint density at radius 1 is 1.39 bits per heavy atom. The molecule has 8 heteroatoms. The van der Waals surface area contributed by atoms with E-state index in [-0.39, 0.29) is 12.0 Å². The van der Waals surface area contributed by atoms with Gasteiger partial charge in [-0.05, 0) is 37.8 Å². The van der Waals surface area contributed by atoms with Crippen molar-refractivity contribution < 1.29 is 9.53 Å². The van der Waals surface area contributed by atoms with Crippen LogP contribution in [0.4, 0.5) is 5.13 Å². The summed E-state index contributed by atoms with van der Waals surface area (Å²) < 4.78 is 7.72. The summed E-state index contributed by atoms with van der Waals surface area (Å²) in [6, 6.07) is 5.39. The number of nitrogens with zero attached hydrogens (tertiary/aromatic N) is 5. The first-order chi connectivity index (χ1) is 13.7. The number of pyridine rings is 1. The van der Waals surface area contributed by atoms with E-state index in [1.165, 1.54) is 10.6 Å². The van der Waals surface area contributed by atoms with Crippen molar-refractivity contribution in [1.82, 2.24) is 19.7 Å². The summed E-state index contributed by atoms with van der Waals surface area (Å²) in [5.41, 5.74) is 3.66. The molecule has 0 spiro atoms. The fourth-order valence-electron chi connectivity index (χ4n) is 3.89. The average molecular weight is 395 g/mol. The Hall–Kier alpha value is -2.58. The normalized spacial score (nSPS) is 18.0. The van der Waals surface area contributed by atoms with E-state index >= 15 is 0 Å². The topological polar surface area (TPSA) is 73.1 Å². The first-order valence-electron chi connectivity index (χ1n) is 9.56. The third kappa shape index (κ3) is 3.02. The van der Waals surface area contributed by atoms with Gasteiger partial charge in [-0.1, -0.05) is 6.07 Å². The van der Waals surface area contributed by atoms with Crippen molar-refractivity contribution in [3.05, 3.63) is 46.9 Å². The number of ether oxygens (including phenoxy) is 1. The molecule has 0 N–H and O–H groups in total. The van der Waals surface area contributed by atoms with Gasteiger partial charge in [-0.15, -0.1) is 11.3 Å². The Morgan fingerprint density at radius 3 is 3.11 bits per heavy atom. The lowest BCUT2D eigenvalue weighted by Crippen LogP contribution is -2.37. The highest BCUT2D eigenvalue weighted by Crippen LogP contribution is 2.39. The first-order valence-corrected chi connectivity index (χ1v) is 10.4. The van der Waals surface area contributed by atoms with Gasteiger partial charge in [0.1, 0.15) is 5.69 Å². The van der Waals surface area contributed by atoms with Crippen LogP contribution in [-0.2, 0) is 24.6 Å². The molecule has 0 bridgehead atoms. The van der Waals surface area contributed by atoms with Crippen LogP contribution in [0.5, 0.6) is 0 Å². The Morgan fingerprint density at radius 2 is 2.32 bits per heavy atom. The summed E-state index contributed by atoms with van der Waals surface area (Å²) >= 11 is 1.60. The van der Waals surface area contributed by atoms with Crippen LogP contribution < -0.4 is 4.90 Å². The van der Waals surface area contributed by atoms with Crippen LogP contribution in [0, 0.1) is 0 Å². The fourth-order valence-corrected chi connectivity index (χ4v) is 4.97. The summed E-state index contributed by atoms with van der Waals surface area (Å²) in [6.07, 6.45) is 7.43. The quantitative estimate of drug-likeness (QED) is 0.679. The molecular formula is C20H21N5O2S. The van der Waals surface area contributed by atoms with Crippen LogP contribution in [0.3, 0.4) is 0 Å². The zero-order valence-electron chi connectivity index (χ0n) is 15.7. The highest BCUT2D eigenvalue weighted by atomic mass is 32.1. The number of thiazole rings is 1. The number of rotatable bonds is 4. The number of hydrogen-bond donors (Lipinski definition) is 0. The Bertz CT molecular complexity index is 1010. The van der Waals surface area contributed by atoms with Crippen molar-refractivity contribution in [1.29, 1.82) is 0 Å². The molecule has 1 amide bonds. The minimum absolute atomic E-state index is 0.0440. The number of carbonyl (C=O) groups is 1. The monoisotopic (exact) mass is 395 g/mol. The van der Waals surface area contributed by atoms with E-state index in [4.69, 9.17) is 9.72 Å². The number of aromatic nitrogens is 4. The van der Waals surface area contributed by atoms with Gasteiger partial charge in [-0.3, -0.25) is 19.4 Å². The van der Waals surface area contributed by atoms with Crippen molar-refractivity contribution in [3.8, 4) is 11.3 Å². The number of anilines is 1. The number of carbonyl (C=O) groups excluding carboxylic acids is 1. The van der Waals surface area contributed by atoms with Crippen LogP contribution in [0.15, 0.2) is 30.6 Å². The molecule has 1 aliphatic carbocycles. The van der Waals surface area contributed by atoms with Crippen LogP contribution in [-0.4, -0.2) is 44.9 Å². The van der Waals surface area contributed by atoms with Crippen LogP contribution in [0.25, 0.3) is 11.3 Å². The first kappa shape index (κ1) is 17.5. The van der Waals surface area contributed by atoms with E-state index in [1.807, 2.05) is 30.1 Å². The van der Waals surface area contributed by atoms with Crippen molar-refractivity contribution >= 4 is 22.4 Å². The van der Waals surface area contributed by atoms with E-state index in [0.29, 0.717) is 17.4 Å². The average Bonchev–Trinajstić information content (AvgIpc) is 3.46. The van der Waals surface area contributed by atoms with Crippen molar-refractivity contribution in [2.24, 2.45) is 7.05 Å². The van der Waals surface area contributed by atoms with Gasteiger partial charge >= 0.3 is 0 Å². The van der Waals surface area contributed by atoms with Crippen LogP contribution in [0.2, 0.25) is 0 Å². The maximum atomic E-state index is 13.3. The van der Waals surface area contributed by atoms with Gasteiger partial charge in [0.05, 0.1) is 24.5 Å². The highest BCUT2D eigenvalue weighted by Gasteiger charge is 2.30. The molecule has 0 unspecified atom stereocenters. The largest absolute Gasteiger partial charge is 0.376 e. The number of hydrogen-bond acceptors (Lipinski definition) is 6. The molecular weight excluding hydrogens is 374 g/mol. The standard InChI is InChI=1S/C20H21N5O2S/c1-24-16-7-8-17-18(14(16)11-22-24)23-20(28-17)25(12-13-5-4-10-27-13)19(26)15-6-2-3-9-21-15/h2-3,6,9,11,13H,4-5,7-8,10,12H2,1H3/t13-/m1/s1. The summed E-state index contributed by atoms with van der Waals surface area (Å²) in [7, 11) is 1.96.